The number of amides is 3. The number of Topliss-reactive ketones (excluding diaryl/α,β-unsaturated/α-hetero) is 1. The van der Waals surface area contributed by atoms with Crippen LogP contribution in [0.3, 0.4) is 0 Å². The quantitative estimate of drug-likeness (QED) is 0.505. The van der Waals surface area contributed by atoms with Crippen LogP contribution in [0.5, 0.6) is 0 Å². The molecule has 2 aliphatic rings. The average molecular weight is 409 g/mol. The summed E-state index contributed by atoms with van der Waals surface area (Å²) in [5.41, 5.74) is 10.8. The number of carbonyl (C=O) groups is 4. The summed E-state index contributed by atoms with van der Waals surface area (Å²) in [6, 6.07) is -2.39. The first kappa shape index (κ1) is 23.3. The summed E-state index contributed by atoms with van der Waals surface area (Å²) in [7, 11) is 0. The van der Waals surface area contributed by atoms with E-state index in [1.165, 1.54) is 0 Å². The maximum Gasteiger partial charge on any atom is 0.287 e. The molecule has 0 aromatic rings. The number of hydrogen-bond donors (Lipinski definition) is 3. The lowest BCUT2D eigenvalue weighted by molar-refractivity contribution is -0.144. The molecule has 0 aromatic heterocycles. The zero-order valence-corrected chi connectivity index (χ0v) is 18.5. The number of nitrogens with two attached hydrogens (primary N) is 2. The number of fused-ring (bicyclic) bond motifs is 1. The van der Waals surface area contributed by atoms with Crippen LogP contribution in [0.1, 0.15) is 60.8 Å². The standard InChI is InChI=1S/C21H36N4O4/c1-7-8-9-12(15(26)17(23)27)24-18(28)14-13-11(21(13,5)6)10-25(14)19(29)16(22)20(2,3)4/h11-14,16H,7-10,22H2,1-6H3,(H2,23,27)(H,24,28)/t11-,12?,13-,14-,16+/m0/s1. The molecule has 8 nitrogen and oxygen atoms in total. The molecule has 0 radical (unpaired) electrons. The van der Waals surface area contributed by atoms with E-state index in [4.69, 9.17) is 11.5 Å². The number of nitrogens with zero attached hydrogens (tertiary/aromatic N) is 1. The Morgan fingerprint density at radius 3 is 2.28 bits per heavy atom. The van der Waals surface area contributed by atoms with Crippen molar-refractivity contribution in [1.82, 2.24) is 10.2 Å². The lowest BCUT2D eigenvalue weighted by Gasteiger charge is -2.36. The first-order chi connectivity index (χ1) is 13.2. The monoisotopic (exact) mass is 408 g/mol. The van der Waals surface area contributed by atoms with E-state index in [1.807, 2.05) is 27.7 Å². The highest BCUT2D eigenvalue weighted by Gasteiger charge is 2.69. The summed E-state index contributed by atoms with van der Waals surface area (Å²) in [5, 5.41) is 2.71. The van der Waals surface area contributed by atoms with Crippen molar-refractivity contribution in [3.8, 4) is 0 Å². The molecule has 1 saturated carbocycles. The predicted molar refractivity (Wildman–Crippen MR) is 109 cm³/mol. The van der Waals surface area contributed by atoms with Crippen molar-refractivity contribution < 1.29 is 19.2 Å². The minimum absolute atomic E-state index is 0.00845. The van der Waals surface area contributed by atoms with E-state index in [2.05, 4.69) is 19.2 Å². The molecule has 3 amide bonds. The van der Waals surface area contributed by atoms with Crippen molar-refractivity contribution in [3.63, 3.8) is 0 Å². The Morgan fingerprint density at radius 1 is 1.21 bits per heavy atom. The van der Waals surface area contributed by atoms with Gasteiger partial charge in [0, 0.05) is 6.54 Å². The molecule has 5 N–H and O–H groups in total. The Hall–Kier alpha value is -1.96. The van der Waals surface area contributed by atoms with E-state index in [-0.39, 0.29) is 23.2 Å². The summed E-state index contributed by atoms with van der Waals surface area (Å²) in [6.07, 6.45) is 1.82. The van der Waals surface area contributed by atoms with Gasteiger partial charge in [-0.15, -0.1) is 0 Å². The Kier molecular flexibility index (Phi) is 6.47. The molecule has 1 heterocycles. The van der Waals surface area contributed by atoms with Gasteiger partial charge < -0.3 is 21.7 Å². The van der Waals surface area contributed by atoms with Crippen molar-refractivity contribution in [1.29, 1.82) is 0 Å². The van der Waals surface area contributed by atoms with E-state index >= 15 is 0 Å². The van der Waals surface area contributed by atoms with Crippen LogP contribution in [-0.4, -0.2) is 53.1 Å². The van der Waals surface area contributed by atoms with Crippen LogP contribution in [0.25, 0.3) is 0 Å². The van der Waals surface area contributed by atoms with Crippen LogP contribution in [-0.2, 0) is 19.2 Å². The predicted octanol–water partition coefficient (Wildman–Crippen LogP) is 0.572. The highest BCUT2D eigenvalue weighted by atomic mass is 16.2. The van der Waals surface area contributed by atoms with Gasteiger partial charge in [-0.2, -0.15) is 0 Å². The molecule has 0 bridgehead atoms. The SMILES string of the molecule is CCCCC(NC(=O)[C@@H]1[C@@H]2[C@H](CN1C(=O)[C@@H](N)C(C)(C)C)C2(C)C)C(=O)C(N)=O. The Bertz CT molecular complexity index is 697. The van der Waals surface area contributed by atoms with Gasteiger partial charge in [-0.1, -0.05) is 54.4 Å². The molecular weight excluding hydrogens is 372 g/mol. The minimum Gasteiger partial charge on any atom is -0.363 e. The zero-order chi connectivity index (χ0) is 22.3. The van der Waals surface area contributed by atoms with Crippen molar-refractivity contribution >= 4 is 23.5 Å². The Labute approximate surface area is 173 Å². The number of piperidine rings is 1. The Morgan fingerprint density at radius 2 is 1.79 bits per heavy atom. The molecule has 164 valence electrons. The van der Waals surface area contributed by atoms with Gasteiger partial charge >= 0.3 is 0 Å². The van der Waals surface area contributed by atoms with Gasteiger partial charge in [0.25, 0.3) is 5.91 Å². The van der Waals surface area contributed by atoms with Gasteiger partial charge in [-0.3, -0.25) is 19.2 Å². The average Bonchev–Trinajstić information content (AvgIpc) is 2.96. The number of likely N-dealkylation sites (tertiary alicyclic amines) is 1. The van der Waals surface area contributed by atoms with Crippen molar-refractivity contribution in [3.05, 3.63) is 0 Å². The van der Waals surface area contributed by atoms with Gasteiger partial charge in [0.1, 0.15) is 6.04 Å². The number of ketones is 1. The first-order valence-electron chi connectivity index (χ1n) is 10.4. The summed E-state index contributed by atoms with van der Waals surface area (Å²) < 4.78 is 0. The molecule has 2 fully saturated rings. The van der Waals surface area contributed by atoms with Gasteiger partial charge in [-0.25, -0.2) is 0 Å². The number of rotatable bonds is 8. The Balaban J connectivity index is 2.24. The fourth-order valence-corrected chi connectivity index (χ4v) is 4.47. The number of hydrogen-bond acceptors (Lipinski definition) is 5. The van der Waals surface area contributed by atoms with Crippen LogP contribution in [0, 0.1) is 22.7 Å². The molecule has 0 aromatic carbocycles. The summed E-state index contributed by atoms with van der Waals surface area (Å²) in [6.45, 7) is 12.2. The second-order valence-corrected chi connectivity index (χ2v) is 10.2. The maximum absolute atomic E-state index is 13.2. The number of unbranched alkanes of at least 4 members (excludes halogenated alkanes) is 1. The molecule has 1 aliphatic heterocycles. The number of primary amides is 1. The summed E-state index contributed by atoms with van der Waals surface area (Å²) in [4.78, 5) is 51.4. The van der Waals surface area contributed by atoms with E-state index in [9.17, 15) is 19.2 Å². The second kappa shape index (κ2) is 8.05. The van der Waals surface area contributed by atoms with Gasteiger partial charge in [0.15, 0.2) is 0 Å². The second-order valence-electron chi connectivity index (χ2n) is 10.2. The molecule has 0 spiro atoms. The van der Waals surface area contributed by atoms with Crippen LogP contribution in [0.4, 0.5) is 0 Å². The zero-order valence-electron chi connectivity index (χ0n) is 18.5. The number of nitrogens with one attached hydrogen (secondary N) is 1. The third-order valence-electron chi connectivity index (χ3n) is 6.68. The van der Waals surface area contributed by atoms with Crippen molar-refractivity contribution in [2.75, 3.05) is 6.54 Å². The van der Waals surface area contributed by atoms with Crippen molar-refractivity contribution in [2.24, 2.45) is 34.1 Å². The van der Waals surface area contributed by atoms with E-state index in [0.717, 1.165) is 6.42 Å². The lowest BCUT2D eigenvalue weighted by atomic mass is 9.86. The normalized spacial score (nSPS) is 27.0. The summed E-state index contributed by atoms with van der Waals surface area (Å²) >= 11 is 0. The molecule has 1 unspecified atom stereocenters. The molecule has 5 atom stereocenters. The molecule has 1 saturated heterocycles. The lowest BCUT2D eigenvalue weighted by Crippen LogP contribution is -2.58. The van der Waals surface area contributed by atoms with Crippen LogP contribution < -0.4 is 16.8 Å². The van der Waals surface area contributed by atoms with Gasteiger partial charge in [0.05, 0.1) is 12.1 Å². The molecule has 29 heavy (non-hydrogen) atoms. The molecule has 1 aliphatic carbocycles. The highest BCUT2D eigenvalue weighted by molar-refractivity contribution is 6.37. The third-order valence-corrected chi connectivity index (χ3v) is 6.68. The van der Waals surface area contributed by atoms with E-state index in [0.29, 0.717) is 19.4 Å². The molecule has 2 rings (SSSR count). The molecule has 8 heteroatoms. The highest BCUT2D eigenvalue weighted by Crippen LogP contribution is 2.65. The maximum atomic E-state index is 13.2. The molecular formula is C21H36N4O4. The van der Waals surface area contributed by atoms with Gasteiger partial charge in [0.2, 0.25) is 17.6 Å². The largest absolute Gasteiger partial charge is 0.363 e. The summed E-state index contributed by atoms with van der Waals surface area (Å²) in [5.74, 6) is -2.31. The third kappa shape index (κ3) is 4.47. The van der Waals surface area contributed by atoms with Crippen LogP contribution in [0.15, 0.2) is 0 Å². The smallest absolute Gasteiger partial charge is 0.287 e. The number of carbonyl (C=O) groups excluding carboxylic acids is 4. The van der Waals surface area contributed by atoms with Crippen LogP contribution >= 0.6 is 0 Å². The topological polar surface area (TPSA) is 136 Å². The fraction of sp³-hybridized carbons (Fsp3) is 0.810. The van der Waals surface area contributed by atoms with E-state index in [1.54, 1.807) is 4.90 Å². The van der Waals surface area contributed by atoms with Crippen molar-refractivity contribution in [2.45, 2.75) is 78.9 Å². The minimum atomic E-state index is -1.06. The van der Waals surface area contributed by atoms with Crippen LogP contribution in [0.2, 0.25) is 0 Å². The van der Waals surface area contributed by atoms with Gasteiger partial charge in [-0.05, 0) is 29.1 Å². The van der Waals surface area contributed by atoms with E-state index < -0.39 is 41.1 Å². The first-order valence-corrected chi connectivity index (χ1v) is 10.4. The fourth-order valence-electron chi connectivity index (χ4n) is 4.47.